The first-order valence-corrected chi connectivity index (χ1v) is 6.54. The number of rotatable bonds is 6. The fraction of sp³-hybridized carbons (Fsp3) is 0.538. The lowest BCUT2D eigenvalue weighted by Gasteiger charge is -2.24. The predicted molar refractivity (Wildman–Crippen MR) is 74.1 cm³/mol. The van der Waals surface area contributed by atoms with Gasteiger partial charge in [-0.3, -0.25) is 0 Å². The Labute approximate surface area is 113 Å². The van der Waals surface area contributed by atoms with Crippen molar-refractivity contribution in [3.63, 3.8) is 0 Å². The zero-order valence-electron chi connectivity index (χ0n) is 10.5. The van der Waals surface area contributed by atoms with Gasteiger partial charge in [0.25, 0.3) is 0 Å². The number of benzene rings is 1. The number of methoxy groups -OCH3 is 1. The second-order valence-electron chi connectivity index (χ2n) is 4.02. The largest absolute Gasteiger partial charge is 0.380 e. The van der Waals surface area contributed by atoms with Crippen molar-refractivity contribution in [2.75, 3.05) is 13.7 Å². The van der Waals surface area contributed by atoms with Crippen LogP contribution >= 0.6 is 23.2 Å². The van der Waals surface area contributed by atoms with E-state index in [1.165, 1.54) is 0 Å². The van der Waals surface area contributed by atoms with Crippen molar-refractivity contribution in [2.24, 2.45) is 0 Å². The summed E-state index contributed by atoms with van der Waals surface area (Å²) in [4.78, 5) is 0. The lowest BCUT2D eigenvalue weighted by molar-refractivity contribution is 0.0836. The molecule has 96 valence electrons. The van der Waals surface area contributed by atoms with Crippen molar-refractivity contribution < 1.29 is 4.74 Å². The van der Waals surface area contributed by atoms with Crippen molar-refractivity contribution in [1.82, 2.24) is 5.32 Å². The maximum Gasteiger partial charge on any atom is 0.0699 e. The Morgan fingerprint density at radius 2 is 2.06 bits per heavy atom. The third-order valence-corrected chi connectivity index (χ3v) is 3.73. The van der Waals surface area contributed by atoms with Gasteiger partial charge in [0, 0.05) is 13.2 Å². The molecule has 0 aliphatic rings. The van der Waals surface area contributed by atoms with Gasteiger partial charge in [0.2, 0.25) is 0 Å². The van der Waals surface area contributed by atoms with Crippen molar-refractivity contribution in [3.8, 4) is 0 Å². The Hall–Kier alpha value is -0.280. The molecule has 2 atom stereocenters. The van der Waals surface area contributed by atoms with E-state index in [-0.39, 0.29) is 12.1 Å². The highest BCUT2D eigenvalue weighted by Gasteiger charge is 2.18. The first-order valence-electron chi connectivity index (χ1n) is 5.79. The van der Waals surface area contributed by atoms with Crippen LogP contribution in [0.4, 0.5) is 0 Å². The van der Waals surface area contributed by atoms with Gasteiger partial charge in [0.1, 0.15) is 0 Å². The van der Waals surface area contributed by atoms with E-state index in [1.54, 1.807) is 13.2 Å². The van der Waals surface area contributed by atoms with Crippen LogP contribution in [0.15, 0.2) is 18.2 Å². The molecule has 0 fully saturated rings. The molecule has 1 aromatic rings. The zero-order valence-corrected chi connectivity index (χ0v) is 12.0. The smallest absolute Gasteiger partial charge is 0.0699 e. The molecule has 0 aliphatic carbocycles. The fourth-order valence-corrected chi connectivity index (χ4v) is 2.17. The molecule has 0 saturated carbocycles. The maximum absolute atomic E-state index is 6.18. The topological polar surface area (TPSA) is 21.3 Å². The molecule has 0 bridgehead atoms. The van der Waals surface area contributed by atoms with Gasteiger partial charge in [-0.2, -0.15) is 0 Å². The first-order chi connectivity index (χ1) is 8.10. The molecule has 1 N–H and O–H groups in total. The lowest BCUT2D eigenvalue weighted by Crippen LogP contribution is -2.41. The molecule has 1 rings (SSSR count). The Morgan fingerprint density at radius 3 is 2.65 bits per heavy atom. The molecule has 1 aromatic carbocycles. The number of halogens is 2. The molecule has 17 heavy (non-hydrogen) atoms. The van der Waals surface area contributed by atoms with Gasteiger partial charge in [-0.1, -0.05) is 42.3 Å². The molecule has 0 aliphatic heterocycles. The molecule has 0 radical (unpaired) electrons. The van der Waals surface area contributed by atoms with E-state index in [9.17, 15) is 0 Å². The Balaban J connectivity index is 2.82. The molecule has 2 unspecified atom stereocenters. The molecule has 0 heterocycles. The van der Waals surface area contributed by atoms with E-state index in [2.05, 4.69) is 12.2 Å². The Kier molecular flexibility index (Phi) is 6.28. The van der Waals surface area contributed by atoms with Gasteiger partial charge >= 0.3 is 0 Å². The summed E-state index contributed by atoms with van der Waals surface area (Å²) in [6.07, 6.45) is 0.937. The van der Waals surface area contributed by atoms with Crippen LogP contribution in [-0.4, -0.2) is 25.8 Å². The van der Waals surface area contributed by atoms with Crippen molar-refractivity contribution in [3.05, 3.63) is 33.8 Å². The summed E-state index contributed by atoms with van der Waals surface area (Å²) in [7, 11) is 1.72. The van der Waals surface area contributed by atoms with Gasteiger partial charge in [0.15, 0.2) is 0 Å². The van der Waals surface area contributed by atoms with E-state index in [0.717, 1.165) is 18.5 Å². The molecular formula is C13H19Cl2NO. The van der Waals surface area contributed by atoms with E-state index < -0.39 is 0 Å². The predicted octanol–water partition coefficient (Wildman–Crippen LogP) is 3.55. The number of nitrogens with one attached hydrogen (secondary N) is 1. The molecular weight excluding hydrogens is 257 g/mol. The molecule has 0 saturated heterocycles. The molecule has 0 amide bonds. The second-order valence-corrected chi connectivity index (χ2v) is 4.81. The minimum atomic E-state index is 0.130. The standard InChI is InChI=1S/C13H19Cl2NO/c1-4-16-12(9(2)17-3)8-10-6-5-7-11(14)13(10)15/h5-7,9,12,16H,4,8H2,1-3H3. The number of likely N-dealkylation sites (N-methyl/N-ethyl adjacent to an activating group) is 1. The van der Waals surface area contributed by atoms with Crippen LogP contribution in [0.2, 0.25) is 10.0 Å². The highest BCUT2D eigenvalue weighted by atomic mass is 35.5. The average Bonchev–Trinajstić information content (AvgIpc) is 2.33. The minimum absolute atomic E-state index is 0.130. The number of ether oxygens (including phenoxy) is 1. The van der Waals surface area contributed by atoms with E-state index >= 15 is 0 Å². The Morgan fingerprint density at radius 1 is 1.35 bits per heavy atom. The van der Waals surface area contributed by atoms with Gasteiger partial charge in [-0.25, -0.2) is 0 Å². The summed E-state index contributed by atoms with van der Waals surface area (Å²) in [6, 6.07) is 5.96. The fourth-order valence-electron chi connectivity index (χ4n) is 1.77. The summed E-state index contributed by atoms with van der Waals surface area (Å²) in [6.45, 7) is 5.03. The first kappa shape index (κ1) is 14.8. The SMILES string of the molecule is CCNC(Cc1cccc(Cl)c1Cl)C(C)OC. The number of hydrogen-bond donors (Lipinski definition) is 1. The van der Waals surface area contributed by atoms with Crippen LogP contribution in [0.5, 0.6) is 0 Å². The maximum atomic E-state index is 6.18. The minimum Gasteiger partial charge on any atom is -0.380 e. The van der Waals surface area contributed by atoms with Crippen LogP contribution in [0.25, 0.3) is 0 Å². The summed E-state index contributed by atoms with van der Waals surface area (Å²) in [5, 5.41) is 4.64. The van der Waals surface area contributed by atoms with Crippen LogP contribution in [0.3, 0.4) is 0 Å². The van der Waals surface area contributed by atoms with Gasteiger partial charge in [-0.15, -0.1) is 0 Å². The molecule has 0 aromatic heterocycles. The monoisotopic (exact) mass is 275 g/mol. The molecule has 0 spiro atoms. The molecule has 2 nitrogen and oxygen atoms in total. The zero-order chi connectivity index (χ0) is 12.8. The van der Waals surface area contributed by atoms with Crippen molar-refractivity contribution in [1.29, 1.82) is 0 Å². The lowest BCUT2D eigenvalue weighted by atomic mass is 10.0. The molecule has 4 heteroatoms. The van der Waals surface area contributed by atoms with Crippen LogP contribution in [0.1, 0.15) is 19.4 Å². The van der Waals surface area contributed by atoms with E-state index in [4.69, 9.17) is 27.9 Å². The van der Waals surface area contributed by atoms with Gasteiger partial charge in [0.05, 0.1) is 16.1 Å². The van der Waals surface area contributed by atoms with Crippen LogP contribution in [-0.2, 0) is 11.2 Å². The summed E-state index contributed by atoms with van der Waals surface area (Å²) >= 11 is 12.2. The average molecular weight is 276 g/mol. The third kappa shape index (κ3) is 4.14. The second kappa shape index (κ2) is 7.22. The highest BCUT2D eigenvalue weighted by Crippen LogP contribution is 2.26. The van der Waals surface area contributed by atoms with E-state index in [0.29, 0.717) is 10.0 Å². The van der Waals surface area contributed by atoms with E-state index in [1.807, 2.05) is 19.1 Å². The normalized spacial score (nSPS) is 14.6. The quantitative estimate of drug-likeness (QED) is 0.858. The Bertz CT molecular complexity index is 357. The summed E-state index contributed by atoms with van der Waals surface area (Å²) in [5.41, 5.74) is 1.05. The highest BCUT2D eigenvalue weighted by molar-refractivity contribution is 6.42. The van der Waals surface area contributed by atoms with Gasteiger partial charge < -0.3 is 10.1 Å². The third-order valence-electron chi connectivity index (χ3n) is 2.88. The van der Waals surface area contributed by atoms with Gasteiger partial charge in [-0.05, 0) is 31.5 Å². The van der Waals surface area contributed by atoms with Crippen LogP contribution in [0, 0.1) is 0 Å². The van der Waals surface area contributed by atoms with Crippen LogP contribution < -0.4 is 5.32 Å². The summed E-state index contributed by atoms with van der Waals surface area (Å²) in [5.74, 6) is 0. The number of hydrogen-bond acceptors (Lipinski definition) is 2. The van der Waals surface area contributed by atoms with Crippen molar-refractivity contribution >= 4 is 23.2 Å². The van der Waals surface area contributed by atoms with Crippen molar-refractivity contribution in [2.45, 2.75) is 32.4 Å². The summed E-state index contributed by atoms with van der Waals surface area (Å²) < 4.78 is 5.37.